The Morgan fingerprint density at radius 2 is 2.26 bits per heavy atom. The molecule has 1 fully saturated rings. The molecule has 5 nitrogen and oxygen atoms in total. The van der Waals surface area contributed by atoms with Gasteiger partial charge in [0, 0.05) is 12.0 Å². The third-order valence-corrected chi connectivity index (χ3v) is 3.73. The zero-order valence-corrected chi connectivity index (χ0v) is 11.0. The minimum atomic E-state index is 0.0678. The van der Waals surface area contributed by atoms with E-state index in [0.29, 0.717) is 6.54 Å². The van der Waals surface area contributed by atoms with Gasteiger partial charge < -0.3 is 5.32 Å². The maximum absolute atomic E-state index is 11.9. The Labute approximate surface area is 112 Å². The smallest absolute Gasteiger partial charge is 0.223 e. The number of nitrogens with zero attached hydrogens (tertiary/aromatic N) is 3. The quantitative estimate of drug-likeness (QED) is 0.908. The van der Waals surface area contributed by atoms with Gasteiger partial charge in [-0.15, -0.1) is 5.10 Å². The van der Waals surface area contributed by atoms with Crippen molar-refractivity contribution in [2.45, 2.75) is 38.8 Å². The average molecular weight is 258 g/mol. The van der Waals surface area contributed by atoms with Gasteiger partial charge in [0.25, 0.3) is 0 Å². The van der Waals surface area contributed by atoms with Gasteiger partial charge in [-0.2, -0.15) is 0 Å². The first kappa shape index (κ1) is 12.1. The largest absolute Gasteiger partial charge is 0.352 e. The van der Waals surface area contributed by atoms with Crippen molar-refractivity contribution in [1.29, 1.82) is 0 Å². The number of para-hydroxylation sites is 1. The van der Waals surface area contributed by atoms with Crippen molar-refractivity contribution in [3.63, 3.8) is 0 Å². The van der Waals surface area contributed by atoms with E-state index < -0.39 is 0 Å². The maximum atomic E-state index is 11.9. The minimum absolute atomic E-state index is 0.0678. The third-order valence-electron chi connectivity index (χ3n) is 3.73. The Morgan fingerprint density at radius 1 is 1.47 bits per heavy atom. The summed E-state index contributed by atoms with van der Waals surface area (Å²) in [6.45, 7) is 2.66. The fourth-order valence-corrected chi connectivity index (χ4v) is 2.39. The van der Waals surface area contributed by atoms with Crippen molar-refractivity contribution in [2.75, 3.05) is 0 Å². The molecule has 1 amide bonds. The first-order valence-electron chi connectivity index (χ1n) is 6.82. The lowest BCUT2D eigenvalue weighted by Crippen LogP contribution is -2.41. The van der Waals surface area contributed by atoms with Crippen molar-refractivity contribution in [2.24, 2.45) is 5.92 Å². The predicted molar refractivity (Wildman–Crippen MR) is 72.5 cm³/mol. The van der Waals surface area contributed by atoms with Gasteiger partial charge in [-0.05, 0) is 31.9 Å². The molecule has 100 valence electrons. The summed E-state index contributed by atoms with van der Waals surface area (Å²) in [7, 11) is 0. The first-order chi connectivity index (χ1) is 9.24. The Bertz CT molecular complexity index is 588. The molecule has 0 radical (unpaired) electrons. The molecular formula is C14H18N4O. The van der Waals surface area contributed by atoms with Crippen LogP contribution >= 0.6 is 0 Å². The van der Waals surface area contributed by atoms with E-state index in [-0.39, 0.29) is 17.9 Å². The lowest BCUT2D eigenvalue weighted by molar-refractivity contribution is -0.128. The number of nitrogens with one attached hydrogen (secondary N) is 1. The SMILES string of the molecule is C[C@@H](Cn1nnc2ccccc21)NC(=O)C1CCC1. The van der Waals surface area contributed by atoms with Gasteiger partial charge in [0.1, 0.15) is 5.52 Å². The molecule has 0 spiro atoms. The van der Waals surface area contributed by atoms with Crippen LogP contribution in [0.3, 0.4) is 0 Å². The number of carbonyl (C=O) groups excluding carboxylic acids is 1. The number of aromatic nitrogens is 3. The van der Waals surface area contributed by atoms with Crippen LogP contribution in [0.2, 0.25) is 0 Å². The molecule has 0 bridgehead atoms. The topological polar surface area (TPSA) is 59.8 Å². The zero-order chi connectivity index (χ0) is 13.2. The minimum Gasteiger partial charge on any atom is -0.352 e. The highest BCUT2D eigenvalue weighted by Gasteiger charge is 2.26. The molecule has 3 rings (SSSR count). The summed E-state index contributed by atoms with van der Waals surface area (Å²) >= 11 is 0. The van der Waals surface area contributed by atoms with Gasteiger partial charge >= 0.3 is 0 Å². The number of amides is 1. The summed E-state index contributed by atoms with van der Waals surface area (Å²) in [4.78, 5) is 11.9. The van der Waals surface area contributed by atoms with Gasteiger partial charge in [0.2, 0.25) is 5.91 Å². The average Bonchev–Trinajstić information content (AvgIpc) is 2.70. The Balaban J connectivity index is 1.65. The molecule has 1 heterocycles. The van der Waals surface area contributed by atoms with Crippen LogP contribution in [-0.4, -0.2) is 26.9 Å². The monoisotopic (exact) mass is 258 g/mol. The van der Waals surface area contributed by atoms with E-state index in [1.54, 1.807) is 0 Å². The van der Waals surface area contributed by atoms with Crippen LogP contribution in [-0.2, 0) is 11.3 Å². The lowest BCUT2D eigenvalue weighted by Gasteiger charge is -2.26. The number of benzene rings is 1. The van der Waals surface area contributed by atoms with Crippen LogP contribution in [0.15, 0.2) is 24.3 Å². The Morgan fingerprint density at radius 3 is 3.00 bits per heavy atom. The van der Waals surface area contributed by atoms with Crippen molar-refractivity contribution >= 4 is 16.9 Å². The fraction of sp³-hybridized carbons (Fsp3) is 0.500. The number of hydrogen-bond donors (Lipinski definition) is 1. The third kappa shape index (κ3) is 2.45. The summed E-state index contributed by atoms with van der Waals surface area (Å²) in [5, 5.41) is 11.3. The molecule has 0 aliphatic heterocycles. The molecule has 0 unspecified atom stereocenters. The van der Waals surface area contributed by atoms with Crippen LogP contribution in [0, 0.1) is 5.92 Å². The molecule has 5 heteroatoms. The number of rotatable bonds is 4. The van der Waals surface area contributed by atoms with Crippen LogP contribution in [0.25, 0.3) is 11.0 Å². The van der Waals surface area contributed by atoms with E-state index >= 15 is 0 Å². The molecule has 19 heavy (non-hydrogen) atoms. The standard InChI is InChI=1S/C14H18N4O/c1-10(15-14(19)11-5-4-6-11)9-18-13-8-3-2-7-12(13)16-17-18/h2-3,7-8,10-11H,4-6,9H2,1H3,(H,15,19)/t10-/m0/s1. The maximum Gasteiger partial charge on any atom is 0.223 e. The molecule has 1 aromatic carbocycles. The molecular weight excluding hydrogens is 240 g/mol. The summed E-state index contributed by atoms with van der Waals surface area (Å²) < 4.78 is 1.85. The highest BCUT2D eigenvalue weighted by Crippen LogP contribution is 2.26. The molecule has 1 N–H and O–H groups in total. The van der Waals surface area contributed by atoms with Gasteiger partial charge in [0.15, 0.2) is 0 Å². The number of hydrogen-bond acceptors (Lipinski definition) is 3. The summed E-state index contributed by atoms with van der Waals surface area (Å²) in [5.74, 6) is 0.415. The Hall–Kier alpha value is -1.91. The van der Waals surface area contributed by atoms with Gasteiger partial charge in [0.05, 0.1) is 12.1 Å². The van der Waals surface area contributed by atoms with E-state index in [1.165, 1.54) is 6.42 Å². The van der Waals surface area contributed by atoms with Crippen LogP contribution in [0.1, 0.15) is 26.2 Å². The van der Waals surface area contributed by atoms with E-state index in [0.717, 1.165) is 23.9 Å². The molecule has 2 aromatic rings. The highest BCUT2D eigenvalue weighted by molar-refractivity contribution is 5.79. The second kappa shape index (κ2) is 4.99. The second-order valence-electron chi connectivity index (χ2n) is 5.30. The van der Waals surface area contributed by atoms with Crippen molar-refractivity contribution < 1.29 is 4.79 Å². The van der Waals surface area contributed by atoms with Crippen molar-refractivity contribution in [1.82, 2.24) is 20.3 Å². The lowest BCUT2D eigenvalue weighted by atomic mass is 9.84. The van der Waals surface area contributed by atoms with Crippen LogP contribution in [0.5, 0.6) is 0 Å². The van der Waals surface area contributed by atoms with Crippen molar-refractivity contribution in [3.05, 3.63) is 24.3 Å². The van der Waals surface area contributed by atoms with E-state index in [1.807, 2.05) is 35.9 Å². The van der Waals surface area contributed by atoms with Gasteiger partial charge in [-0.1, -0.05) is 23.8 Å². The molecule has 1 aliphatic carbocycles. The first-order valence-corrected chi connectivity index (χ1v) is 6.82. The number of fused-ring (bicyclic) bond motifs is 1. The highest BCUT2D eigenvalue weighted by atomic mass is 16.2. The second-order valence-corrected chi connectivity index (χ2v) is 5.30. The zero-order valence-electron chi connectivity index (χ0n) is 11.0. The summed E-state index contributed by atoms with van der Waals surface area (Å²) in [5.41, 5.74) is 1.90. The molecule has 1 saturated carbocycles. The van der Waals surface area contributed by atoms with Crippen LogP contribution < -0.4 is 5.32 Å². The normalized spacial score (nSPS) is 17.1. The predicted octanol–water partition coefficient (Wildman–Crippen LogP) is 1.74. The molecule has 0 saturated heterocycles. The number of carbonyl (C=O) groups is 1. The van der Waals surface area contributed by atoms with Crippen LogP contribution in [0.4, 0.5) is 0 Å². The summed E-state index contributed by atoms with van der Waals surface area (Å²) in [6.07, 6.45) is 3.25. The van der Waals surface area contributed by atoms with Gasteiger partial charge in [-0.3, -0.25) is 4.79 Å². The van der Waals surface area contributed by atoms with Crippen molar-refractivity contribution in [3.8, 4) is 0 Å². The van der Waals surface area contributed by atoms with Gasteiger partial charge in [-0.25, -0.2) is 4.68 Å². The molecule has 1 atom stereocenters. The molecule has 1 aromatic heterocycles. The molecule has 1 aliphatic rings. The van der Waals surface area contributed by atoms with E-state index in [4.69, 9.17) is 0 Å². The summed E-state index contributed by atoms with van der Waals surface area (Å²) in [6, 6.07) is 7.92. The fourth-order valence-electron chi connectivity index (χ4n) is 2.39. The Kier molecular flexibility index (Phi) is 3.19. The van der Waals surface area contributed by atoms with E-state index in [2.05, 4.69) is 15.6 Å². The van der Waals surface area contributed by atoms with E-state index in [9.17, 15) is 4.79 Å².